The lowest BCUT2D eigenvalue weighted by Gasteiger charge is -2.18. The lowest BCUT2D eigenvalue weighted by molar-refractivity contribution is -0.118. The van der Waals surface area contributed by atoms with E-state index in [1.807, 2.05) is 0 Å². The number of hydrogen-bond acceptors (Lipinski definition) is 5. The maximum atomic E-state index is 12.1. The van der Waals surface area contributed by atoms with Gasteiger partial charge >= 0.3 is 0 Å². The van der Waals surface area contributed by atoms with E-state index >= 15 is 0 Å². The zero-order valence-corrected chi connectivity index (χ0v) is 12.4. The van der Waals surface area contributed by atoms with Crippen molar-refractivity contribution in [2.24, 2.45) is 0 Å². The zero-order chi connectivity index (χ0) is 15.5. The molecule has 1 aromatic rings. The van der Waals surface area contributed by atoms with Crippen molar-refractivity contribution in [3.63, 3.8) is 0 Å². The summed E-state index contributed by atoms with van der Waals surface area (Å²) < 4.78 is 31.9. The van der Waals surface area contributed by atoms with Crippen molar-refractivity contribution < 1.29 is 23.1 Å². The Morgan fingerprint density at radius 3 is 2.95 bits per heavy atom. The van der Waals surface area contributed by atoms with Gasteiger partial charge in [-0.15, -0.1) is 0 Å². The summed E-state index contributed by atoms with van der Waals surface area (Å²) in [4.78, 5) is 11.3. The average molecular weight is 314 g/mol. The molecule has 7 nitrogen and oxygen atoms in total. The number of fused-ring (bicyclic) bond motifs is 1. The molecule has 3 N–H and O–H groups in total. The molecule has 1 aliphatic rings. The smallest absolute Gasteiger partial charge is 0.262 e. The fourth-order valence-corrected chi connectivity index (χ4v) is 3.02. The summed E-state index contributed by atoms with van der Waals surface area (Å²) in [6.45, 7) is 1.82. The number of rotatable bonds is 6. The highest BCUT2D eigenvalue weighted by Crippen LogP contribution is 2.29. The molecular formula is C13H18N2O5S. The van der Waals surface area contributed by atoms with Gasteiger partial charge in [0.15, 0.2) is 6.61 Å². The second-order valence-electron chi connectivity index (χ2n) is 4.88. The second-order valence-corrected chi connectivity index (χ2v) is 6.65. The van der Waals surface area contributed by atoms with E-state index in [0.717, 1.165) is 0 Å². The monoisotopic (exact) mass is 314 g/mol. The maximum absolute atomic E-state index is 12.1. The molecule has 0 radical (unpaired) electrons. The number of benzene rings is 1. The van der Waals surface area contributed by atoms with Gasteiger partial charge in [-0.3, -0.25) is 4.79 Å². The Bertz CT molecular complexity index is 627. The van der Waals surface area contributed by atoms with Crippen molar-refractivity contribution in [2.75, 3.05) is 18.5 Å². The topological polar surface area (TPSA) is 105 Å². The van der Waals surface area contributed by atoms with Crippen LogP contribution < -0.4 is 14.8 Å². The highest BCUT2D eigenvalue weighted by molar-refractivity contribution is 7.89. The zero-order valence-electron chi connectivity index (χ0n) is 11.6. The third kappa shape index (κ3) is 4.16. The highest BCUT2D eigenvalue weighted by atomic mass is 32.2. The summed E-state index contributed by atoms with van der Waals surface area (Å²) in [5.41, 5.74) is 0.345. The quantitative estimate of drug-likeness (QED) is 0.662. The predicted octanol–water partition coefficient (Wildman–Crippen LogP) is 0.457. The van der Waals surface area contributed by atoms with E-state index in [2.05, 4.69) is 10.0 Å². The van der Waals surface area contributed by atoms with Crippen molar-refractivity contribution in [2.45, 2.75) is 30.8 Å². The molecule has 0 bridgehead atoms. The molecule has 0 fully saturated rings. The minimum atomic E-state index is -3.65. The number of ether oxygens (including phenoxy) is 1. The molecule has 1 heterocycles. The first-order valence-corrected chi connectivity index (χ1v) is 8.11. The van der Waals surface area contributed by atoms with Crippen LogP contribution in [0.25, 0.3) is 0 Å². The van der Waals surface area contributed by atoms with E-state index in [1.54, 1.807) is 6.92 Å². The molecule has 0 aromatic heterocycles. The predicted molar refractivity (Wildman–Crippen MR) is 76.7 cm³/mol. The molecule has 0 saturated carbocycles. The molecule has 21 heavy (non-hydrogen) atoms. The van der Waals surface area contributed by atoms with Crippen LogP contribution in [0.15, 0.2) is 23.1 Å². The number of nitrogens with one attached hydrogen (secondary N) is 2. The number of amides is 1. The lowest BCUT2D eigenvalue weighted by atomic mass is 10.2. The van der Waals surface area contributed by atoms with Gasteiger partial charge in [0, 0.05) is 6.54 Å². The summed E-state index contributed by atoms with van der Waals surface area (Å²) in [5.74, 6) is 0.129. The van der Waals surface area contributed by atoms with E-state index in [4.69, 9.17) is 9.84 Å². The maximum Gasteiger partial charge on any atom is 0.262 e. The Balaban J connectivity index is 2.06. The van der Waals surface area contributed by atoms with Gasteiger partial charge in [0.05, 0.1) is 16.7 Å². The first kappa shape index (κ1) is 15.7. The van der Waals surface area contributed by atoms with Crippen LogP contribution in [-0.2, 0) is 14.8 Å². The minimum Gasteiger partial charge on any atom is -0.482 e. The van der Waals surface area contributed by atoms with Crippen LogP contribution in [0, 0.1) is 0 Å². The first-order chi connectivity index (χ1) is 9.88. The van der Waals surface area contributed by atoms with Crippen molar-refractivity contribution in [3.8, 4) is 5.75 Å². The SMILES string of the molecule is CC(O)CCCNS(=O)(=O)c1ccc2c(c1)NC(=O)CO2. The molecule has 1 aromatic carbocycles. The molecule has 0 aliphatic carbocycles. The van der Waals surface area contributed by atoms with Gasteiger partial charge in [-0.25, -0.2) is 13.1 Å². The Labute approximate surface area is 123 Å². The third-order valence-electron chi connectivity index (χ3n) is 2.98. The molecule has 0 saturated heterocycles. The van der Waals surface area contributed by atoms with E-state index in [1.165, 1.54) is 18.2 Å². The number of sulfonamides is 1. The Kier molecular flexibility index (Phi) is 4.81. The molecule has 2 rings (SSSR count). The van der Waals surface area contributed by atoms with Gasteiger partial charge in [0.25, 0.3) is 5.91 Å². The van der Waals surface area contributed by atoms with Crippen LogP contribution in [0.5, 0.6) is 5.75 Å². The van der Waals surface area contributed by atoms with Crippen LogP contribution in [0.1, 0.15) is 19.8 Å². The van der Waals surface area contributed by atoms with Gasteiger partial charge in [-0.2, -0.15) is 0 Å². The fraction of sp³-hybridized carbons (Fsp3) is 0.462. The fourth-order valence-electron chi connectivity index (χ4n) is 1.92. The number of carbonyl (C=O) groups excluding carboxylic acids is 1. The van der Waals surface area contributed by atoms with Crippen molar-refractivity contribution >= 4 is 21.6 Å². The van der Waals surface area contributed by atoms with Crippen molar-refractivity contribution in [3.05, 3.63) is 18.2 Å². The van der Waals surface area contributed by atoms with Crippen LogP contribution in [-0.4, -0.2) is 38.7 Å². The Hall–Kier alpha value is -1.64. The summed E-state index contributed by atoms with van der Waals surface area (Å²) in [6, 6.07) is 4.30. The largest absolute Gasteiger partial charge is 0.482 e. The van der Waals surface area contributed by atoms with Gasteiger partial charge in [0.1, 0.15) is 5.75 Å². The number of hydrogen-bond donors (Lipinski definition) is 3. The average Bonchev–Trinajstić information content (AvgIpc) is 2.42. The number of carbonyl (C=O) groups is 1. The normalized spacial score (nSPS) is 15.8. The second kappa shape index (κ2) is 6.42. The first-order valence-electron chi connectivity index (χ1n) is 6.63. The third-order valence-corrected chi connectivity index (χ3v) is 4.44. The van der Waals surface area contributed by atoms with Gasteiger partial charge < -0.3 is 15.2 Å². The van der Waals surface area contributed by atoms with Crippen LogP contribution in [0.2, 0.25) is 0 Å². The number of aliphatic hydroxyl groups excluding tert-OH is 1. The number of anilines is 1. The van der Waals surface area contributed by atoms with Crippen molar-refractivity contribution in [1.82, 2.24) is 4.72 Å². The molecule has 0 spiro atoms. The van der Waals surface area contributed by atoms with Gasteiger partial charge in [-0.1, -0.05) is 0 Å². The van der Waals surface area contributed by atoms with E-state index in [-0.39, 0.29) is 24.0 Å². The number of aliphatic hydroxyl groups is 1. The molecule has 1 unspecified atom stereocenters. The van der Waals surface area contributed by atoms with Gasteiger partial charge in [0.2, 0.25) is 10.0 Å². The van der Waals surface area contributed by atoms with Crippen molar-refractivity contribution in [1.29, 1.82) is 0 Å². The molecule has 8 heteroatoms. The minimum absolute atomic E-state index is 0.0593. The summed E-state index contributed by atoms with van der Waals surface area (Å²) >= 11 is 0. The molecule has 116 valence electrons. The Morgan fingerprint density at radius 2 is 2.24 bits per heavy atom. The standard InChI is InChI=1S/C13H18N2O5S/c1-9(16)3-2-6-14-21(18,19)10-4-5-12-11(7-10)15-13(17)8-20-12/h4-5,7,9,14,16H,2-3,6,8H2,1H3,(H,15,17). The van der Waals surface area contributed by atoms with Crippen LogP contribution >= 0.6 is 0 Å². The van der Waals surface area contributed by atoms with Crippen LogP contribution in [0.4, 0.5) is 5.69 Å². The van der Waals surface area contributed by atoms with Gasteiger partial charge in [-0.05, 0) is 38.0 Å². The summed E-state index contributed by atoms with van der Waals surface area (Å²) in [5, 5.41) is 11.7. The lowest BCUT2D eigenvalue weighted by Crippen LogP contribution is -2.27. The molecule has 1 atom stereocenters. The van der Waals surface area contributed by atoms with Crippen LogP contribution in [0.3, 0.4) is 0 Å². The molecule has 1 amide bonds. The van der Waals surface area contributed by atoms with E-state index < -0.39 is 16.1 Å². The molecular weight excluding hydrogens is 296 g/mol. The highest BCUT2D eigenvalue weighted by Gasteiger charge is 2.20. The molecule has 1 aliphatic heterocycles. The summed E-state index contributed by atoms with van der Waals surface area (Å²) in [6.07, 6.45) is 0.615. The summed E-state index contributed by atoms with van der Waals surface area (Å²) in [7, 11) is -3.65. The van der Waals surface area contributed by atoms with E-state index in [0.29, 0.717) is 24.3 Å². The Morgan fingerprint density at radius 1 is 1.48 bits per heavy atom. The van der Waals surface area contributed by atoms with E-state index in [9.17, 15) is 13.2 Å².